The Morgan fingerprint density at radius 2 is 2.25 bits per heavy atom. The van der Waals surface area contributed by atoms with Gasteiger partial charge in [-0.15, -0.1) is 0 Å². The maximum absolute atomic E-state index is 5.80. The number of rotatable bonds is 4. The van der Waals surface area contributed by atoms with Crippen LogP contribution in [0.2, 0.25) is 0 Å². The van der Waals surface area contributed by atoms with E-state index in [9.17, 15) is 0 Å². The summed E-state index contributed by atoms with van der Waals surface area (Å²) in [5.74, 6) is 2.50. The third-order valence-corrected chi connectivity index (χ3v) is 3.30. The van der Waals surface area contributed by atoms with Gasteiger partial charge in [0.2, 0.25) is 0 Å². The number of ether oxygens (including phenoxy) is 2. The van der Waals surface area contributed by atoms with Gasteiger partial charge in [-0.05, 0) is 13.0 Å². The highest BCUT2D eigenvalue weighted by Crippen LogP contribution is 2.33. The summed E-state index contributed by atoms with van der Waals surface area (Å²) in [6.07, 6.45) is 2.43. The van der Waals surface area contributed by atoms with Gasteiger partial charge in [-0.1, -0.05) is 12.1 Å². The molecule has 1 aromatic heterocycles. The summed E-state index contributed by atoms with van der Waals surface area (Å²) in [6.45, 7) is 4.13. The van der Waals surface area contributed by atoms with Gasteiger partial charge in [0.1, 0.15) is 12.2 Å². The van der Waals surface area contributed by atoms with Gasteiger partial charge in [-0.2, -0.15) is 5.10 Å². The maximum Gasteiger partial charge on any atom is 0.165 e. The summed E-state index contributed by atoms with van der Waals surface area (Å²) in [5, 5.41) is 10.1. The average Bonchev–Trinajstić information content (AvgIpc) is 2.90. The van der Waals surface area contributed by atoms with E-state index in [1.54, 1.807) is 0 Å². The molecule has 1 unspecified atom stereocenters. The van der Waals surface area contributed by atoms with E-state index in [4.69, 9.17) is 9.47 Å². The molecule has 20 heavy (non-hydrogen) atoms. The molecule has 1 atom stereocenters. The second-order valence-corrected chi connectivity index (χ2v) is 4.77. The molecule has 1 aliphatic rings. The fraction of sp³-hybridized carbons (Fsp3) is 0.429. The Morgan fingerprint density at radius 1 is 1.35 bits per heavy atom. The fourth-order valence-electron chi connectivity index (χ4n) is 2.18. The molecule has 0 bridgehead atoms. The Hall–Kier alpha value is -2.08. The number of nitrogens with zero attached hydrogens (tertiary/aromatic N) is 2. The minimum Gasteiger partial charge on any atom is -0.490 e. The summed E-state index contributed by atoms with van der Waals surface area (Å²) in [5.41, 5.74) is 1.09. The molecule has 1 aliphatic heterocycles. The van der Waals surface area contributed by atoms with Crippen LogP contribution in [0.1, 0.15) is 30.8 Å². The van der Waals surface area contributed by atoms with Crippen LogP contribution < -0.4 is 14.8 Å². The summed E-state index contributed by atoms with van der Waals surface area (Å²) in [6, 6.07) is 6.08. The minimum absolute atomic E-state index is 0.0973. The van der Waals surface area contributed by atoms with Crippen molar-refractivity contribution in [1.29, 1.82) is 0 Å². The van der Waals surface area contributed by atoms with E-state index < -0.39 is 0 Å². The normalized spacial score (nSPS) is 15.7. The molecule has 106 valence electrons. The first-order valence-electron chi connectivity index (χ1n) is 6.81. The van der Waals surface area contributed by atoms with Crippen LogP contribution in [0.15, 0.2) is 24.5 Å². The van der Waals surface area contributed by atoms with Crippen molar-refractivity contribution in [3.05, 3.63) is 35.9 Å². The van der Waals surface area contributed by atoms with Crippen LogP contribution in [0.5, 0.6) is 11.5 Å². The Kier molecular flexibility index (Phi) is 3.83. The first kappa shape index (κ1) is 12.9. The SMILES string of the molecule is CC(NCc1cccc2c1OCCCO2)c1ncn[nH]1. The molecule has 0 spiro atoms. The third kappa shape index (κ3) is 2.75. The summed E-state index contributed by atoms with van der Waals surface area (Å²) < 4.78 is 11.5. The lowest BCUT2D eigenvalue weighted by Crippen LogP contribution is -2.19. The third-order valence-electron chi connectivity index (χ3n) is 3.30. The van der Waals surface area contributed by atoms with Gasteiger partial charge < -0.3 is 14.8 Å². The average molecular weight is 274 g/mol. The lowest BCUT2D eigenvalue weighted by Gasteiger charge is -2.15. The second kappa shape index (κ2) is 5.92. The van der Waals surface area contributed by atoms with Crippen LogP contribution in [-0.2, 0) is 6.54 Å². The maximum atomic E-state index is 5.80. The van der Waals surface area contributed by atoms with E-state index in [0.717, 1.165) is 29.3 Å². The number of aromatic amines is 1. The predicted octanol–water partition coefficient (Wildman–Crippen LogP) is 1.82. The van der Waals surface area contributed by atoms with E-state index in [-0.39, 0.29) is 6.04 Å². The van der Waals surface area contributed by atoms with Crippen LogP contribution in [0.3, 0.4) is 0 Å². The van der Waals surface area contributed by atoms with Gasteiger partial charge in [-0.3, -0.25) is 5.10 Å². The molecule has 1 aromatic carbocycles. The molecule has 0 saturated heterocycles. The number of benzene rings is 1. The Bertz CT molecular complexity index is 556. The molecule has 0 amide bonds. The van der Waals surface area contributed by atoms with Crippen molar-refractivity contribution in [3.8, 4) is 11.5 Å². The lowest BCUT2D eigenvalue weighted by molar-refractivity contribution is 0.295. The van der Waals surface area contributed by atoms with Crippen molar-refractivity contribution in [1.82, 2.24) is 20.5 Å². The van der Waals surface area contributed by atoms with E-state index in [2.05, 4.69) is 20.5 Å². The quantitative estimate of drug-likeness (QED) is 0.889. The minimum atomic E-state index is 0.0973. The van der Waals surface area contributed by atoms with Crippen molar-refractivity contribution in [2.75, 3.05) is 13.2 Å². The fourth-order valence-corrected chi connectivity index (χ4v) is 2.18. The van der Waals surface area contributed by atoms with E-state index in [1.807, 2.05) is 25.1 Å². The first-order chi connectivity index (χ1) is 9.84. The zero-order valence-corrected chi connectivity index (χ0v) is 11.4. The van der Waals surface area contributed by atoms with E-state index >= 15 is 0 Å². The van der Waals surface area contributed by atoms with Gasteiger partial charge in [0.25, 0.3) is 0 Å². The highest BCUT2D eigenvalue weighted by molar-refractivity contribution is 5.47. The van der Waals surface area contributed by atoms with Crippen molar-refractivity contribution in [3.63, 3.8) is 0 Å². The molecule has 2 aromatic rings. The summed E-state index contributed by atoms with van der Waals surface area (Å²) >= 11 is 0. The number of nitrogens with one attached hydrogen (secondary N) is 2. The first-order valence-corrected chi connectivity index (χ1v) is 6.81. The topological polar surface area (TPSA) is 72.1 Å². The molecule has 6 nitrogen and oxygen atoms in total. The number of H-pyrrole nitrogens is 1. The van der Waals surface area contributed by atoms with Crippen LogP contribution in [0.25, 0.3) is 0 Å². The highest BCUT2D eigenvalue weighted by atomic mass is 16.5. The zero-order valence-electron chi connectivity index (χ0n) is 11.4. The molecular weight excluding hydrogens is 256 g/mol. The number of hydrogen-bond donors (Lipinski definition) is 2. The summed E-state index contributed by atoms with van der Waals surface area (Å²) in [4.78, 5) is 4.15. The monoisotopic (exact) mass is 274 g/mol. The number of aromatic nitrogens is 3. The van der Waals surface area contributed by atoms with Crippen molar-refractivity contribution in [2.24, 2.45) is 0 Å². The Balaban J connectivity index is 1.71. The van der Waals surface area contributed by atoms with Crippen molar-refractivity contribution >= 4 is 0 Å². The van der Waals surface area contributed by atoms with Crippen LogP contribution >= 0.6 is 0 Å². The zero-order chi connectivity index (χ0) is 13.8. The predicted molar refractivity (Wildman–Crippen MR) is 73.7 cm³/mol. The molecule has 0 fully saturated rings. The van der Waals surface area contributed by atoms with Gasteiger partial charge in [-0.25, -0.2) is 4.98 Å². The smallest absolute Gasteiger partial charge is 0.165 e. The molecule has 0 radical (unpaired) electrons. The highest BCUT2D eigenvalue weighted by Gasteiger charge is 2.15. The molecule has 3 rings (SSSR count). The van der Waals surface area contributed by atoms with Crippen molar-refractivity contribution < 1.29 is 9.47 Å². The number of para-hydroxylation sites is 1. The number of fused-ring (bicyclic) bond motifs is 1. The van der Waals surface area contributed by atoms with Crippen LogP contribution in [0.4, 0.5) is 0 Å². The molecule has 6 heteroatoms. The number of hydrogen-bond acceptors (Lipinski definition) is 5. The molecule has 0 saturated carbocycles. The molecule has 0 aliphatic carbocycles. The van der Waals surface area contributed by atoms with E-state index in [1.165, 1.54) is 6.33 Å². The molecule has 2 heterocycles. The molecular formula is C14H18N4O2. The second-order valence-electron chi connectivity index (χ2n) is 4.77. The Morgan fingerprint density at radius 3 is 3.10 bits per heavy atom. The molecule has 2 N–H and O–H groups in total. The van der Waals surface area contributed by atoms with Gasteiger partial charge in [0.15, 0.2) is 11.5 Å². The van der Waals surface area contributed by atoms with Gasteiger partial charge in [0.05, 0.1) is 19.3 Å². The van der Waals surface area contributed by atoms with Gasteiger partial charge in [0, 0.05) is 18.5 Å². The van der Waals surface area contributed by atoms with Crippen molar-refractivity contribution in [2.45, 2.75) is 25.9 Å². The largest absolute Gasteiger partial charge is 0.490 e. The van der Waals surface area contributed by atoms with Gasteiger partial charge >= 0.3 is 0 Å². The van der Waals surface area contributed by atoms with Crippen LogP contribution in [-0.4, -0.2) is 28.4 Å². The van der Waals surface area contributed by atoms with E-state index in [0.29, 0.717) is 19.8 Å². The lowest BCUT2D eigenvalue weighted by atomic mass is 10.1. The standard InChI is InChI=1S/C14H18N4O2/c1-10(14-16-9-17-18-14)15-8-11-4-2-5-12-13(11)20-7-3-6-19-12/h2,4-5,9-10,15H,3,6-8H2,1H3,(H,16,17,18). The summed E-state index contributed by atoms with van der Waals surface area (Å²) in [7, 11) is 0. The Labute approximate surface area is 117 Å². The van der Waals surface area contributed by atoms with Crippen LogP contribution in [0, 0.1) is 0 Å².